The number of rotatable bonds is 5. The minimum atomic E-state index is -0.286. The Bertz CT molecular complexity index is 686. The Morgan fingerprint density at radius 1 is 1.35 bits per heavy atom. The van der Waals surface area contributed by atoms with Gasteiger partial charge >= 0.3 is 5.97 Å². The van der Waals surface area contributed by atoms with E-state index in [-0.39, 0.29) is 5.97 Å². The number of hydrogen-bond acceptors (Lipinski definition) is 5. The predicted octanol–water partition coefficient (Wildman–Crippen LogP) is 3.76. The first-order valence-corrected chi connectivity index (χ1v) is 8.29. The molecule has 0 saturated carbocycles. The summed E-state index contributed by atoms with van der Waals surface area (Å²) >= 11 is 0. The van der Waals surface area contributed by atoms with E-state index in [0.717, 1.165) is 49.1 Å². The van der Waals surface area contributed by atoms with Gasteiger partial charge in [0.05, 0.1) is 18.4 Å². The van der Waals surface area contributed by atoms with Crippen LogP contribution in [0.1, 0.15) is 42.6 Å². The van der Waals surface area contributed by atoms with Gasteiger partial charge in [0.2, 0.25) is 0 Å². The van der Waals surface area contributed by atoms with Gasteiger partial charge in [-0.15, -0.1) is 0 Å². The molecule has 124 valence electrons. The van der Waals surface area contributed by atoms with E-state index in [1.54, 1.807) is 6.26 Å². The van der Waals surface area contributed by atoms with Crippen LogP contribution in [0.25, 0.3) is 11.0 Å². The van der Waals surface area contributed by atoms with Gasteiger partial charge in [0.1, 0.15) is 5.58 Å². The summed E-state index contributed by atoms with van der Waals surface area (Å²) in [4.78, 5) is 12.5. The van der Waals surface area contributed by atoms with Crippen LogP contribution in [0.5, 0.6) is 0 Å². The average molecular weight is 317 g/mol. The first kappa shape index (κ1) is 15.9. The molecule has 1 aliphatic heterocycles. The molecule has 0 unspecified atom stereocenters. The summed E-state index contributed by atoms with van der Waals surface area (Å²) < 4.78 is 16.2. The van der Waals surface area contributed by atoms with E-state index in [4.69, 9.17) is 13.9 Å². The second kappa shape index (κ2) is 7.04. The number of benzene rings is 1. The van der Waals surface area contributed by atoms with Crippen molar-refractivity contribution in [3.8, 4) is 0 Å². The van der Waals surface area contributed by atoms with Crippen LogP contribution in [0, 0.1) is 0 Å². The van der Waals surface area contributed by atoms with Gasteiger partial charge in [-0.3, -0.25) is 0 Å². The smallest absolute Gasteiger partial charge is 0.339 e. The molecule has 23 heavy (non-hydrogen) atoms. The Kier molecular flexibility index (Phi) is 4.86. The Labute approximate surface area is 135 Å². The number of anilines is 1. The van der Waals surface area contributed by atoms with Crippen LogP contribution in [0.4, 0.5) is 5.69 Å². The topological polar surface area (TPSA) is 60.7 Å². The fourth-order valence-electron chi connectivity index (χ4n) is 3.15. The molecule has 0 atom stereocenters. The highest BCUT2D eigenvalue weighted by Crippen LogP contribution is 2.32. The molecule has 1 aromatic carbocycles. The summed E-state index contributed by atoms with van der Waals surface area (Å²) in [5.41, 5.74) is 3.28. The molecule has 1 fully saturated rings. The molecule has 2 heterocycles. The van der Waals surface area contributed by atoms with Crippen LogP contribution < -0.4 is 5.32 Å². The number of carbonyl (C=O) groups is 1. The summed E-state index contributed by atoms with van der Waals surface area (Å²) in [5, 5.41) is 4.39. The Hall–Kier alpha value is -2.01. The largest absolute Gasteiger partial charge is 0.464 e. The highest BCUT2D eigenvalue weighted by molar-refractivity contribution is 6.06. The van der Waals surface area contributed by atoms with Crippen LogP contribution in [0.2, 0.25) is 0 Å². The lowest BCUT2D eigenvalue weighted by atomic mass is 9.97. The molecular formula is C18H23NO4. The molecule has 0 spiro atoms. The maximum atomic E-state index is 12.5. The molecule has 5 heteroatoms. The number of fused-ring (bicyclic) bond motifs is 1. The van der Waals surface area contributed by atoms with Crippen molar-refractivity contribution < 1.29 is 18.7 Å². The maximum absolute atomic E-state index is 12.5. The molecule has 5 nitrogen and oxygen atoms in total. The van der Waals surface area contributed by atoms with E-state index in [1.807, 2.05) is 19.1 Å². The first-order valence-electron chi connectivity index (χ1n) is 8.29. The zero-order valence-electron chi connectivity index (χ0n) is 13.7. The van der Waals surface area contributed by atoms with Crippen molar-refractivity contribution in [3.63, 3.8) is 0 Å². The van der Waals surface area contributed by atoms with Gasteiger partial charge in [-0.1, -0.05) is 6.92 Å². The third kappa shape index (κ3) is 3.20. The molecule has 3 rings (SSSR count). The fourth-order valence-corrected chi connectivity index (χ4v) is 3.15. The summed E-state index contributed by atoms with van der Waals surface area (Å²) in [5.74, 6) is -0.286. The second-order valence-corrected chi connectivity index (χ2v) is 5.72. The fraction of sp³-hybridized carbons (Fsp3) is 0.500. The summed E-state index contributed by atoms with van der Waals surface area (Å²) in [6.45, 7) is 5.78. The summed E-state index contributed by atoms with van der Waals surface area (Å²) in [6, 6.07) is 4.18. The van der Waals surface area contributed by atoms with Gasteiger partial charge in [0, 0.05) is 36.4 Å². The van der Waals surface area contributed by atoms with Crippen molar-refractivity contribution in [2.75, 3.05) is 25.1 Å². The lowest BCUT2D eigenvalue weighted by Crippen LogP contribution is -2.28. The van der Waals surface area contributed by atoms with Gasteiger partial charge in [-0.25, -0.2) is 4.79 Å². The molecule has 1 saturated heterocycles. The van der Waals surface area contributed by atoms with E-state index in [2.05, 4.69) is 12.2 Å². The Morgan fingerprint density at radius 2 is 2.13 bits per heavy atom. The third-order valence-electron chi connectivity index (χ3n) is 4.28. The van der Waals surface area contributed by atoms with Crippen molar-refractivity contribution in [2.45, 2.75) is 39.2 Å². The lowest BCUT2D eigenvalue weighted by molar-refractivity contribution is 0.0527. The maximum Gasteiger partial charge on any atom is 0.339 e. The van der Waals surface area contributed by atoms with Gasteiger partial charge in [-0.2, -0.15) is 0 Å². The van der Waals surface area contributed by atoms with Crippen molar-refractivity contribution in [3.05, 3.63) is 29.5 Å². The van der Waals surface area contributed by atoms with Crippen LogP contribution in [0.3, 0.4) is 0 Å². The second-order valence-electron chi connectivity index (χ2n) is 5.72. The zero-order valence-corrected chi connectivity index (χ0v) is 13.7. The van der Waals surface area contributed by atoms with Crippen LogP contribution in [-0.4, -0.2) is 31.8 Å². The minimum absolute atomic E-state index is 0.286. The van der Waals surface area contributed by atoms with E-state index in [9.17, 15) is 4.79 Å². The number of carbonyl (C=O) groups excluding carboxylic acids is 1. The quantitative estimate of drug-likeness (QED) is 0.851. The molecular weight excluding hydrogens is 294 g/mol. The van der Waals surface area contributed by atoms with Gasteiger partial charge in [-0.05, 0) is 37.8 Å². The van der Waals surface area contributed by atoms with Crippen LogP contribution in [-0.2, 0) is 15.9 Å². The van der Waals surface area contributed by atoms with Gasteiger partial charge in [0.25, 0.3) is 0 Å². The van der Waals surface area contributed by atoms with E-state index < -0.39 is 0 Å². The normalized spacial score (nSPS) is 15.7. The van der Waals surface area contributed by atoms with Crippen LogP contribution in [0.15, 0.2) is 22.8 Å². The Balaban J connectivity index is 2.04. The highest BCUT2D eigenvalue weighted by atomic mass is 16.5. The molecule has 1 N–H and O–H groups in total. The molecule has 1 aliphatic rings. The van der Waals surface area contributed by atoms with E-state index >= 15 is 0 Å². The molecule has 1 aromatic heterocycles. The molecule has 0 bridgehead atoms. The van der Waals surface area contributed by atoms with Crippen molar-refractivity contribution in [1.82, 2.24) is 0 Å². The number of hydrogen-bond donors (Lipinski definition) is 1. The first-order chi connectivity index (χ1) is 11.2. The Morgan fingerprint density at radius 3 is 2.83 bits per heavy atom. The molecule has 2 aromatic rings. The highest BCUT2D eigenvalue weighted by Gasteiger charge is 2.23. The number of nitrogens with one attached hydrogen (secondary N) is 1. The molecule has 0 amide bonds. The number of furan rings is 1. The summed E-state index contributed by atoms with van der Waals surface area (Å²) in [6.07, 6.45) is 4.30. The van der Waals surface area contributed by atoms with E-state index in [1.165, 1.54) is 0 Å². The number of ether oxygens (including phenoxy) is 2. The zero-order chi connectivity index (χ0) is 16.2. The monoisotopic (exact) mass is 317 g/mol. The van der Waals surface area contributed by atoms with Crippen LogP contribution >= 0.6 is 0 Å². The summed E-state index contributed by atoms with van der Waals surface area (Å²) in [7, 11) is 0. The van der Waals surface area contributed by atoms with Gasteiger partial charge in [0.15, 0.2) is 0 Å². The molecule has 0 radical (unpaired) electrons. The predicted molar refractivity (Wildman–Crippen MR) is 89.0 cm³/mol. The standard InChI is InChI=1S/C18H23NO4/c1-3-13-15(19-12-5-8-21-9-6-12)11-16-14(7-10-23-16)17(13)18(20)22-4-2/h7,10-12,19H,3-6,8-9H2,1-2H3. The average Bonchev–Trinajstić information content (AvgIpc) is 3.02. The van der Waals surface area contributed by atoms with Gasteiger partial charge < -0.3 is 19.2 Å². The minimum Gasteiger partial charge on any atom is -0.464 e. The molecule has 0 aliphatic carbocycles. The van der Waals surface area contributed by atoms with Crippen molar-refractivity contribution in [2.24, 2.45) is 0 Å². The van der Waals surface area contributed by atoms with Crippen molar-refractivity contribution in [1.29, 1.82) is 0 Å². The van der Waals surface area contributed by atoms with E-state index in [0.29, 0.717) is 23.8 Å². The SMILES string of the molecule is CCOC(=O)c1c(CC)c(NC2CCOCC2)cc2occc12. The number of esters is 1. The van der Waals surface area contributed by atoms with Crippen molar-refractivity contribution >= 4 is 22.6 Å². The third-order valence-corrected chi connectivity index (χ3v) is 4.28. The lowest BCUT2D eigenvalue weighted by Gasteiger charge is -2.26.